The summed E-state index contributed by atoms with van der Waals surface area (Å²) in [5, 5.41) is 8.49. The van der Waals surface area contributed by atoms with Crippen molar-refractivity contribution in [2.45, 2.75) is 44.6 Å². The maximum absolute atomic E-state index is 12.6. The second-order valence-electron chi connectivity index (χ2n) is 6.37. The first-order valence-corrected chi connectivity index (χ1v) is 10.4. The van der Waals surface area contributed by atoms with Crippen LogP contribution in [0.1, 0.15) is 50.1 Å². The molecule has 9 heteroatoms. The number of unbranched alkanes of at least 4 members (excludes halogenated alkanes) is 1. The molecule has 1 fully saturated rings. The number of piperidine rings is 1. The van der Waals surface area contributed by atoms with E-state index < -0.39 is 21.8 Å². The fourth-order valence-corrected chi connectivity index (χ4v) is 4.46. The van der Waals surface area contributed by atoms with Gasteiger partial charge in [0.2, 0.25) is 16.8 Å². The Labute approximate surface area is 153 Å². The molecule has 1 aromatic rings. The number of hydrogen-bond acceptors (Lipinski definition) is 5. The van der Waals surface area contributed by atoms with E-state index in [-0.39, 0.29) is 30.0 Å². The van der Waals surface area contributed by atoms with Crippen molar-refractivity contribution in [3.8, 4) is 0 Å². The molecule has 1 aromatic heterocycles. The van der Waals surface area contributed by atoms with Crippen molar-refractivity contribution >= 4 is 21.9 Å². The molecule has 1 saturated heterocycles. The zero-order valence-corrected chi connectivity index (χ0v) is 16.0. The maximum Gasteiger partial charge on any atom is 0.371 e. The number of carbonyl (C=O) groups excluding carboxylic acids is 1. The van der Waals surface area contributed by atoms with Crippen LogP contribution in [0.2, 0.25) is 0 Å². The normalized spacial score (nSPS) is 16.5. The van der Waals surface area contributed by atoms with Crippen molar-refractivity contribution in [1.29, 1.82) is 0 Å². The van der Waals surface area contributed by atoms with Crippen molar-refractivity contribution in [3.05, 3.63) is 17.9 Å². The van der Waals surface area contributed by atoms with Gasteiger partial charge in [-0.3, -0.25) is 4.79 Å². The van der Waals surface area contributed by atoms with E-state index >= 15 is 0 Å². The van der Waals surface area contributed by atoms with Gasteiger partial charge in [0.15, 0.2) is 0 Å². The molecule has 1 amide bonds. The summed E-state index contributed by atoms with van der Waals surface area (Å²) in [5.74, 6) is -1.82. The van der Waals surface area contributed by atoms with E-state index in [0.717, 1.165) is 31.5 Å². The van der Waals surface area contributed by atoms with Crippen molar-refractivity contribution in [1.82, 2.24) is 9.21 Å². The van der Waals surface area contributed by atoms with Crippen LogP contribution >= 0.6 is 0 Å². The van der Waals surface area contributed by atoms with Crippen LogP contribution in [0.15, 0.2) is 21.6 Å². The first-order chi connectivity index (χ1) is 12.3. The summed E-state index contributed by atoms with van der Waals surface area (Å²) in [5.41, 5.74) is 0. The van der Waals surface area contributed by atoms with Crippen LogP contribution in [0.5, 0.6) is 0 Å². The van der Waals surface area contributed by atoms with Gasteiger partial charge in [-0.15, -0.1) is 0 Å². The molecule has 0 saturated carbocycles. The number of carboxylic acids is 1. The van der Waals surface area contributed by atoms with E-state index in [1.165, 1.54) is 4.31 Å². The molecule has 2 rings (SSSR count). The number of aromatic carboxylic acids is 1. The average Bonchev–Trinajstić information content (AvgIpc) is 3.13. The van der Waals surface area contributed by atoms with Crippen LogP contribution < -0.4 is 0 Å². The Hall–Kier alpha value is -1.87. The minimum atomic E-state index is -3.89. The molecule has 8 nitrogen and oxygen atoms in total. The third-order valence-corrected chi connectivity index (χ3v) is 6.44. The molecule has 0 unspecified atom stereocenters. The van der Waals surface area contributed by atoms with E-state index in [1.807, 2.05) is 11.8 Å². The molecule has 1 aliphatic heterocycles. The lowest BCUT2D eigenvalue weighted by molar-refractivity contribution is -0.136. The van der Waals surface area contributed by atoms with E-state index in [1.54, 1.807) is 0 Å². The van der Waals surface area contributed by atoms with Gasteiger partial charge in [-0.1, -0.05) is 13.3 Å². The molecule has 0 radical (unpaired) electrons. The van der Waals surface area contributed by atoms with E-state index in [0.29, 0.717) is 19.4 Å². The zero-order chi connectivity index (χ0) is 19.3. The molecule has 26 heavy (non-hydrogen) atoms. The fraction of sp³-hybridized carbons (Fsp3) is 0.647. The molecule has 2 heterocycles. The predicted octanol–water partition coefficient (Wildman–Crippen LogP) is 2.03. The van der Waals surface area contributed by atoms with Crippen LogP contribution in [-0.2, 0) is 14.8 Å². The summed E-state index contributed by atoms with van der Waals surface area (Å²) in [6, 6.07) is 2.28. The summed E-state index contributed by atoms with van der Waals surface area (Å²) < 4.78 is 31.3. The Balaban J connectivity index is 2.00. The SMILES string of the molecule is CCCCN(CC)C(=O)C1CCN(S(=O)(=O)c2ccc(C(=O)O)o2)CC1. The van der Waals surface area contributed by atoms with Crippen molar-refractivity contribution in [2.24, 2.45) is 5.92 Å². The smallest absolute Gasteiger partial charge is 0.371 e. The quantitative estimate of drug-likeness (QED) is 0.732. The third kappa shape index (κ3) is 4.45. The Morgan fingerprint density at radius 3 is 2.42 bits per heavy atom. The highest BCUT2D eigenvalue weighted by atomic mass is 32.2. The molecule has 1 aliphatic rings. The zero-order valence-electron chi connectivity index (χ0n) is 15.2. The van der Waals surface area contributed by atoms with Gasteiger partial charge in [0.1, 0.15) is 0 Å². The third-order valence-electron chi connectivity index (χ3n) is 4.66. The van der Waals surface area contributed by atoms with Gasteiger partial charge in [0.05, 0.1) is 0 Å². The van der Waals surface area contributed by atoms with E-state index in [9.17, 15) is 18.0 Å². The van der Waals surface area contributed by atoms with E-state index in [2.05, 4.69) is 6.92 Å². The topological polar surface area (TPSA) is 108 Å². The Bertz CT molecular complexity index is 734. The van der Waals surface area contributed by atoms with Crippen LogP contribution in [0.25, 0.3) is 0 Å². The lowest BCUT2D eigenvalue weighted by Gasteiger charge is -2.33. The Kier molecular flexibility index (Phi) is 6.82. The molecule has 0 bridgehead atoms. The minimum Gasteiger partial charge on any atom is -0.475 e. The van der Waals surface area contributed by atoms with Gasteiger partial charge in [0.25, 0.3) is 10.0 Å². The number of nitrogens with zero attached hydrogens (tertiary/aromatic N) is 2. The highest BCUT2D eigenvalue weighted by molar-refractivity contribution is 7.89. The van der Waals surface area contributed by atoms with Gasteiger partial charge >= 0.3 is 5.97 Å². The predicted molar refractivity (Wildman–Crippen MR) is 94.3 cm³/mol. The van der Waals surface area contributed by atoms with Crippen LogP contribution in [0.4, 0.5) is 0 Å². The van der Waals surface area contributed by atoms with Crippen LogP contribution in [-0.4, -0.2) is 60.8 Å². The van der Waals surface area contributed by atoms with Crippen molar-refractivity contribution < 1.29 is 27.5 Å². The highest BCUT2D eigenvalue weighted by Gasteiger charge is 2.35. The number of amides is 1. The molecule has 0 aliphatic carbocycles. The fourth-order valence-electron chi connectivity index (χ4n) is 3.08. The highest BCUT2D eigenvalue weighted by Crippen LogP contribution is 2.26. The van der Waals surface area contributed by atoms with Crippen LogP contribution in [0.3, 0.4) is 0 Å². The molecule has 1 N–H and O–H groups in total. The van der Waals surface area contributed by atoms with Crippen molar-refractivity contribution in [2.75, 3.05) is 26.2 Å². The summed E-state index contributed by atoms with van der Waals surface area (Å²) in [7, 11) is -3.89. The summed E-state index contributed by atoms with van der Waals surface area (Å²) >= 11 is 0. The number of carboxylic acid groups (broad SMARTS) is 1. The number of carbonyl (C=O) groups is 2. The van der Waals surface area contributed by atoms with E-state index in [4.69, 9.17) is 9.52 Å². The first-order valence-electron chi connectivity index (χ1n) is 8.93. The molecule has 146 valence electrons. The Morgan fingerprint density at radius 2 is 1.92 bits per heavy atom. The van der Waals surface area contributed by atoms with Gasteiger partial charge in [-0.05, 0) is 38.3 Å². The number of hydrogen-bond donors (Lipinski definition) is 1. The largest absolute Gasteiger partial charge is 0.475 e. The second-order valence-corrected chi connectivity index (χ2v) is 8.24. The van der Waals surface area contributed by atoms with Crippen molar-refractivity contribution in [3.63, 3.8) is 0 Å². The molecule has 0 atom stereocenters. The number of sulfonamides is 1. The number of rotatable bonds is 8. The molecular weight excluding hydrogens is 360 g/mol. The van der Waals surface area contributed by atoms with Gasteiger partial charge in [-0.2, -0.15) is 4.31 Å². The Morgan fingerprint density at radius 1 is 1.27 bits per heavy atom. The summed E-state index contributed by atoms with van der Waals surface area (Å²) in [6.07, 6.45) is 2.87. The monoisotopic (exact) mass is 386 g/mol. The lowest BCUT2D eigenvalue weighted by Crippen LogP contribution is -2.44. The maximum atomic E-state index is 12.6. The average molecular weight is 386 g/mol. The number of furan rings is 1. The van der Waals surface area contributed by atoms with Gasteiger partial charge < -0.3 is 14.4 Å². The standard InChI is InChI=1S/C17H26N2O6S/c1-3-5-10-18(4-2)16(20)13-8-11-19(12-9-13)26(23,24)15-7-6-14(25-15)17(21)22/h6-7,13H,3-5,8-12H2,1-2H3,(H,21,22). The molecule has 0 aromatic carbocycles. The van der Waals surface area contributed by atoms with Gasteiger partial charge in [-0.25, -0.2) is 13.2 Å². The van der Waals surface area contributed by atoms with Crippen LogP contribution in [0, 0.1) is 5.92 Å². The second kappa shape index (κ2) is 8.68. The van der Waals surface area contributed by atoms with Gasteiger partial charge in [0, 0.05) is 32.1 Å². The molecule has 0 spiro atoms. The first kappa shape index (κ1) is 20.4. The summed E-state index contributed by atoms with van der Waals surface area (Å²) in [6.45, 7) is 5.84. The summed E-state index contributed by atoms with van der Waals surface area (Å²) in [4.78, 5) is 25.3. The minimum absolute atomic E-state index is 0.0872. The lowest BCUT2D eigenvalue weighted by atomic mass is 9.96. The molecular formula is C17H26N2O6S.